The number of halogens is 4. The molecule has 0 unspecified atom stereocenters. The number of nitrogens with one attached hydrogen (secondary N) is 1. The summed E-state index contributed by atoms with van der Waals surface area (Å²) in [5.74, 6) is 0. The predicted octanol–water partition coefficient (Wildman–Crippen LogP) is 3.59. The molecule has 0 radical (unpaired) electrons. The molecule has 0 saturated heterocycles. The van der Waals surface area contributed by atoms with Crippen LogP contribution in [0, 0.1) is 0 Å². The van der Waals surface area contributed by atoms with E-state index in [0.717, 1.165) is 35.5 Å². The minimum atomic E-state index is -4.55. The lowest BCUT2D eigenvalue weighted by atomic mass is 10.2. The maximum Gasteiger partial charge on any atom is 0.416 e. The van der Waals surface area contributed by atoms with Gasteiger partial charge in [0.25, 0.3) is 0 Å². The Labute approximate surface area is 130 Å². The molecule has 0 spiro atoms. The maximum atomic E-state index is 12.5. The Morgan fingerprint density at radius 2 is 1.85 bits per heavy atom. The topological polar surface area (TPSA) is 46.2 Å². The second kappa shape index (κ2) is 7.60. The molecule has 0 aliphatic rings. The molecular weight excluding hydrogens is 406 g/mol. The van der Waals surface area contributed by atoms with E-state index >= 15 is 0 Å². The van der Waals surface area contributed by atoms with Crippen LogP contribution < -0.4 is 4.72 Å². The van der Waals surface area contributed by atoms with Crippen molar-refractivity contribution in [1.29, 1.82) is 0 Å². The monoisotopic (exact) mass is 421 g/mol. The fraction of sp³-hybridized carbons (Fsp3) is 0.500. The van der Waals surface area contributed by atoms with Crippen LogP contribution in [0.15, 0.2) is 29.2 Å². The molecule has 0 bridgehead atoms. The third-order valence-electron chi connectivity index (χ3n) is 2.57. The van der Waals surface area contributed by atoms with Crippen LogP contribution in [0.1, 0.15) is 24.8 Å². The molecule has 114 valence electrons. The van der Waals surface area contributed by atoms with Crippen molar-refractivity contribution in [2.24, 2.45) is 0 Å². The van der Waals surface area contributed by atoms with Gasteiger partial charge in [-0.05, 0) is 35.5 Å². The summed E-state index contributed by atoms with van der Waals surface area (Å²) in [6.45, 7) is 0.231. The first-order valence-electron chi connectivity index (χ1n) is 6.00. The molecule has 0 aromatic heterocycles. The van der Waals surface area contributed by atoms with Gasteiger partial charge >= 0.3 is 6.18 Å². The lowest BCUT2D eigenvalue weighted by molar-refractivity contribution is -0.137. The molecule has 0 amide bonds. The highest BCUT2D eigenvalue weighted by Gasteiger charge is 2.31. The molecule has 0 fully saturated rings. The van der Waals surface area contributed by atoms with E-state index in [1.165, 1.54) is 0 Å². The molecule has 1 rings (SSSR count). The van der Waals surface area contributed by atoms with Gasteiger partial charge in [0.05, 0.1) is 10.5 Å². The van der Waals surface area contributed by atoms with Gasteiger partial charge < -0.3 is 0 Å². The fourth-order valence-corrected chi connectivity index (χ4v) is 3.18. The second-order valence-corrected chi connectivity index (χ2v) is 7.02. The SMILES string of the molecule is O=S(=O)(NCCCCCI)c1cccc(C(F)(F)F)c1. The summed E-state index contributed by atoms with van der Waals surface area (Å²) in [5, 5.41) is 0. The molecule has 20 heavy (non-hydrogen) atoms. The van der Waals surface area contributed by atoms with Crippen molar-refractivity contribution in [2.75, 3.05) is 11.0 Å². The maximum absolute atomic E-state index is 12.5. The highest BCUT2D eigenvalue weighted by molar-refractivity contribution is 14.1. The summed E-state index contributed by atoms with van der Waals surface area (Å²) in [6, 6.07) is 3.74. The van der Waals surface area contributed by atoms with E-state index < -0.39 is 21.8 Å². The predicted molar refractivity (Wildman–Crippen MR) is 79.4 cm³/mol. The van der Waals surface area contributed by atoms with E-state index in [2.05, 4.69) is 27.3 Å². The smallest absolute Gasteiger partial charge is 0.211 e. The van der Waals surface area contributed by atoms with E-state index in [1.54, 1.807) is 0 Å². The van der Waals surface area contributed by atoms with Gasteiger partial charge in [-0.1, -0.05) is 35.1 Å². The van der Waals surface area contributed by atoms with Gasteiger partial charge in [0.2, 0.25) is 10.0 Å². The number of sulfonamides is 1. The van der Waals surface area contributed by atoms with Gasteiger partial charge in [0, 0.05) is 6.54 Å². The van der Waals surface area contributed by atoms with E-state index in [1.807, 2.05) is 0 Å². The van der Waals surface area contributed by atoms with Crippen LogP contribution in [0.4, 0.5) is 13.2 Å². The van der Waals surface area contributed by atoms with Crippen LogP contribution in [-0.2, 0) is 16.2 Å². The summed E-state index contributed by atoms with van der Waals surface area (Å²) in [4.78, 5) is -0.360. The van der Waals surface area contributed by atoms with E-state index in [9.17, 15) is 21.6 Å². The van der Waals surface area contributed by atoms with Crippen LogP contribution in [-0.4, -0.2) is 19.4 Å². The molecule has 0 aliphatic heterocycles. The standard InChI is InChI=1S/C12H15F3INO2S/c13-12(14,15)10-5-4-6-11(9-10)20(18,19)17-8-3-1-2-7-16/h4-6,9,17H,1-3,7-8H2. The minimum Gasteiger partial charge on any atom is -0.211 e. The molecule has 8 heteroatoms. The van der Waals surface area contributed by atoms with Gasteiger partial charge in [-0.2, -0.15) is 13.2 Å². The van der Waals surface area contributed by atoms with Crippen molar-refractivity contribution in [3.8, 4) is 0 Å². The molecule has 0 aliphatic carbocycles. The normalized spacial score (nSPS) is 12.6. The van der Waals surface area contributed by atoms with Crippen LogP contribution in [0.25, 0.3) is 0 Å². The number of alkyl halides is 4. The number of rotatable bonds is 7. The zero-order valence-corrected chi connectivity index (χ0v) is 13.6. The summed E-state index contributed by atoms with van der Waals surface area (Å²) >= 11 is 2.23. The Kier molecular flexibility index (Phi) is 6.73. The third kappa shape index (κ3) is 5.57. The molecule has 0 saturated carbocycles. The lowest BCUT2D eigenvalue weighted by Crippen LogP contribution is -2.25. The van der Waals surface area contributed by atoms with Crippen molar-refractivity contribution < 1.29 is 21.6 Å². The number of hydrogen-bond acceptors (Lipinski definition) is 2. The number of hydrogen-bond donors (Lipinski definition) is 1. The van der Waals surface area contributed by atoms with Crippen LogP contribution in [0.2, 0.25) is 0 Å². The number of benzene rings is 1. The average molecular weight is 421 g/mol. The van der Waals surface area contributed by atoms with Gasteiger partial charge in [-0.25, -0.2) is 13.1 Å². The Morgan fingerprint density at radius 3 is 2.45 bits per heavy atom. The fourth-order valence-electron chi connectivity index (χ4n) is 1.53. The lowest BCUT2D eigenvalue weighted by Gasteiger charge is -2.10. The van der Waals surface area contributed by atoms with Crippen LogP contribution in [0.3, 0.4) is 0 Å². The zero-order chi connectivity index (χ0) is 15.2. The largest absolute Gasteiger partial charge is 0.416 e. The highest BCUT2D eigenvalue weighted by Crippen LogP contribution is 2.30. The molecule has 3 nitrogen and oxygen atoms in total. The Morgan fingerprint density at radius 1 is 1.15 bits per heavy atom. The first-order chi connectivity index (χ1) is 9.27. The van der Waals surface area contributed by atoms with Gasteiger partial charge in [-0.15, -0.1) is 0 Å². The average Bonchev–Trinajstić information content (AvgIpc) is 2.37. The zero-order valence-electron chi connectivity index (χ0n) is 10.6. The summed E-state index contributed by atoms with van der Waals surface area (Å²) < 4.78 is 64.6. The van der Waals surface area contributed by atoms with Gasteiger partial charge in [0.1, 0.15) is 0 Å². The molecule has 0 heterocycles. The van der Waals surface area contributed by atoms with E-state index in [4.69, 9.17) is 0 Å². The molecule has 1 N–H and O–H groups in total. The van der Waals surface area contributed by atoms with Crippen molar-refractivity contribution in [3.63, 3.8) is 0 Å². The number of unbranched alkanes of at least 4 members (excludes halogenated alkanes) is 2. The van der Waals surface area contributed by atoms with E-state index in [0.29, 0.717) is 12.5 Å². The van der Waals surface area contributed by atoms with Crippen LogP contribution >= 0.6 is 22.6 Å². The second-order valence-electron chi connectivity index (χ2n) is 4.17. The molecule has 1 aromatic rings. The quantitative estimate of drug-likeness (QED) is 0.416. The van der Waals surface area contributed by atoms with Crippen molar-refractivity contribution in [3.05, 3.63) is 29.8 Å². The molecule has 0 atom stereocenters. The van der Waals surface area contributed by atoms with Crippen molar-refractivity contribution in [1.82, 2.24) is 4.72 Å². The summed E-state index contributed by atoms with van der Waals surface area (Å²) in [6.07, 6.45) is -2.01. The minimum absolute atomic E-state index is 0.231. The summed E-state index contributed by atoms with van der Waals surface area (Å²) in [7, 11) is -3.88. The molecular formula is C12H15F3INO2S. The molecule has 1 aromatic carbocycles. The Hall–Kier alpha value is -0.350. The van der Waals surface area contributed by atoms with Gasteiger partial charge in [-0.3, -0.25) is 0 Å². The van der Waals surface area contributed by atoms with Gasteiger partial charge in [0.15, 0.2) is 0 Å². The first-order valence-corrected chi connectivity index (χ1v) is 9.01. The third-order valence-corrected chi connectivity index (χ3v) is 4.80. The Bertz CT molecular complexity index is 532. The Balaban J connectivity index is 2.73. The van der Waals surface area contributed by atoms with E-state index in [-0.39, 0.29) is 11.4 Å². The van der Waals surface area contributed by atoms with Crippen molar-refractivity contribution >= 4 is 32.6 Å². The van der Waals surface area contributed by atoms with Crippen LogP contribution in [0.5, 0.6) is 0 Å². The summed E-state index contributed by atoms with van der Waals surface area (Å²) in [5.41, 5.74) is -0.967. The first kappa shape index (κ1) is 17.7. The van der Waals surface area contributed by atoms with Crippen molar-refractivity contribution in [2.45, 2.75) is 30.3 Å². The highest BCUT2D eigenvalue weighted by atomic mass is 127.